The van der Waals surface area contributed by atoms with Crippen molar-refractivity contribution in [1.82, 2.24) is 0 Å². The minimum absolute atomic E-state index is 0.0361. The van der Waals surface area contributed by atoms with Crippen molar-refractivity contribution in [3.8, 4) is 28.0 Å². The summed E-state index contributed by atoms with van der Waals surface area (Å²) in [5.74, 6) is -2.48. The lowest BCUT2D eigenvalue weighted by molar-refractivity contribution is -0.274. The Balaban J connectivity index is 1.82. The van der Waals surface area contributed by atoms with Gasteiger partial charge in [-0.3, -0.25) is 0 Å². The molecule has 3 aromatic carbocycles. The van der Waals surface area contributed by atoms with Crippen LogP contribution in [0, 0.1) is 11.6 Å². The highest BCUT2D eigenvalue weighted by Gasteiger charge is 2.31. The molecule has 0 unspecified atom stereocenters. The van der Waals surface area contributed by atoms with Gasteiger partial charge in [0.1, 0.15) is 5.75 Å². The molecular formula is C24H21F5O. The predicted octanol–water partition coefficient (Wildman–Crippen LogP) is 7.93. The van der Waals surface area contributed by atoms with Crippen molar-refractivity contribution in [2.75, 3.05) is 0 Å². The Morgan fingerprint density at radius 2 is 1.20 bits per heavy atom. The molecule has 0 radical (unpaired) electrons. The lowest BCUT2D eigenvalue weighted by Gasteiger charge is -2.11. The number of unbranched alkanes of at least 4 members (excludes halogenated alkanes) is 2. The molecule has 3 aromatic rings. The van der Waals surface area contributed by atoms with E-state index in [4.69, 9.17) is 0 Å². The minimum Gasteiger partial charge on any atom is -0.406 e. The van der Waals surface area contributed by atoms with Crippen molar-refractivity contribution in [2.45, 2.75) is 39.0 Å². The van der Waals surface area contributed by atoms with Crippen LogP contribution in [-0.2, 0) is 6.42 Å². The second-order valence-corrected chi connectivity index (χ2v) is 7.01. The number of hydrogen-bond donors (Lipinski definition) is 0. The third-order valence-corrected chi connectivity index (χ3v) is 4.82. The first-order valence-corrected chi connectivity index (χ1v) is 9.72. The maximum Gasteiger partial charge on any atom is 0.573 e. The van der Waals surface area contributed by atoms with Crippen molar-refractivity contribution < 1.29 is 26.7 Å². The summed E-state index contributed by atoms with van der Waals surface area (Å²) in [6.07, 6.45) is -0.510. The van der Waals surface area contributed by atoms with Crippen LogP contribution in [0.15, 0.2) is 60.7 Å². The van der Waals surface area contributed by atoms with Crippen molar-refractivity contribution in [2.24, 2.45) is 0 Å². The van der Waals surface area contributed by atoms with E-state index in [2.05, 4.69) is 11.7 Å². The van der Waals surface area contributed by atoms with Crippen molar-refractivity contribution in [3.63, 3.8) is 0 Å². The fourth-order valence-corrected chi connectivity index (χ4v) is 3.26. The number of benzene rings is 3. The first-order chi connectivity index (χ1) is 14.3. The third-order valence-electron chi connectivity index (χ3n) is 4.82. The van der Waals surface area contributed by atoms with Crippen LogP contribution in [0.25, 0.3) is 22.3 Å². The SMILES string of the molecule is CCCCCc1ccc(-c2ccc(-c3ccc(OC(F)(F)F)cc3)c(F)c2F)cc1. The summed E-state index contributed by atoms with van der Waals surface area (Å²) in [5, 5.41) is 0. The average molecular weight is 420 g/mol. The van der Waals surface area contributed by atoms with Crippen LogP contribution in [0.4, 0.5) is 22.0 Å². The van der Waals surface area contributed by atoms with Gasteiger partial charge in [-0.15, -0.1) is 13.2 Å². The molecular weight excluding hydrogens is 399 g/mol. The topological polar surface area (TPSA) is 9.23 Å². The first-order valence-electron chi connectivity index (χ1n) is 9.72. The summed E-state index contributed by atoms with van der Waals surface area (Å²) in [7, 11) is 0. The largest absolute Gasteiger partial charge is 0.573 e. The van der Waals surface area contributed by atoms with E-state index in [1.54, 1.807) is 12.1 Å². The molecule has 0 saturated heterocycles. The number of halogens is 5. The molecule has 3 rings (SSSR count). The fourth-order valence-electron chi connectivity index (χ4n) is 3.26. The first kappa shape index (κ1) is 21.8. The maximum absolute atomic E-state index is 14.7. The van der Waals surface area contributed by atoms with Crippen LogP contribution >= 0.6 is 0 Å². The van der Waals surface area contributed by atoms with Crippen LogP contribution in [0.1, 0.15) is 31.7 Å². The normalized spacial score (nSPS) is 11.5. The molecule has 0 aromatic heterocycles. The number of hydrogen-bond acceptors (Lipinski definition) is 1. The Labute approximate surface area is 172 Å². The quantitative estimate of drug-likeness (QED) is 0.279. The molecule has 0 aliphatic rings. The monoisotopic (exact) mass is 420 g/mol. The van der Waals surface area contributed by atoms with E-state index in [0.717, 1.165) is 43.4 Å². The van der Waals surface area contributed by atoms with Gasteiger partial charge in [-0.2, -0.15) is 0 Å². The molecule has 0 heterocycles. The van der Waals surface area contributed by atoms with Crippen molar-refractivity contribution >= 4 is 0 Å². The van der Waals surface area contributed by atoms with Crippen LogP contribution in [0.5, 0.6) is 5.75 Å². The van der Waals surface area contributed by atoms with E-state index >= 15 is 0 Å². The number of alkyl halides is 3. The summed E-state index contributed by atoms with van der Waals surface area (Å²) in [6, 6.07) is 14.9. The summed E-state index contributed by atoms with van der Waals surface area (Å²) < 4.78 is 70.0. The van der Waals surface area contributed by atoms with Gasteiger partial charge in [0, 0.05) is 11.1 Å². The molecule has 0 saturated carbocycles. The number of ether oxygens (including phenoxy) is 1. The van der Waals surface area contributed by atoms with Crippen LogP contribution < -0.4 is 4.74 Å². The molecule has 0 bridgehead atoms. The second-order valence-electron chi connectivity index (χ2n) is 7.01. The van der Waals surface area contributed by atoms with Gasteiger partial charge in [0.25, 0.3) is 0 Å². The molecule has 1 nitrogen and oxygen atoms in total. The molecule has 0 amide bonds. The Kier molecular flexibility index (Phi) is 6.75. The van der Waals surface area contributed by atoms with E-state index < -0.39 is 23.7 Å². The smallest absolute Gasteiger partial charge is 0.406 e. The Hall–Kier alpha value is -2.89. The lowest BCUT2D eigenvalue weighted by Crippen LogP contribution is -2.16. The summed E-state index contributed by atoms with van der Waals surface area (Å²) >= 11 is 0. The van der Waals surface area contributed by atoms with Gasteiger partial charge in [-0.25, -0.2) is 8.78 Å². The summed E-state index contributed by atoms with van der Waals surface area (Å²) in [6.45, 7) is 2.13. The molecule has 0 N–H and O–H groups in total. The highest BCUT2D eigenvalue weighted by Crippen LogP contribution is 2.33. The van der Waals surface area contributed by atoms with Gasteiger partial charge in [0.2, 0.25) is 0 Å². The van der Waals surface area contributed by atoms with Crippen molar-refractivity contribution in [1.29, 1.82) is 0 Å². The van der Waals surface area contributed by atoms with E-state index in [9.17, 15) is 22.0 Å². The maximum atomic E-state index is 14.7. The van der Waals surface area contributed by atoms with Crippen LogP contribution in [-0.4, -0.2) is 6.36 Å². The fraction of sp³-hybridized carbons (Fsp3) is 0.250. The molecule has 0 fully saturated rings. The predicted molar refractivity (Wildman–Crippen MR) is 107 cm³/mol. The van der Waals surface area contributed by atoms with E-state index in [1.165, 1.54) is 24.3 Å². The van der Waals surface area contributed by atoms with Gasteiger partial charge < -0.3 is 4.74 Å². The van der Waals surface area contributed by atoms with Crippen LogP contribution in [0.2, 0.25) is 0 Å². The number of rotatable bonds is 7. The second kappa shape index (κ2) is 9.28. The Morgan fingerprint density at radius 1 is 0.700 bits per heavy atom. The molecule has 0 atom stereocenters. The minimum atomic E-state index is -4.81. The van der Waals surface area contributed by atoms with Crippen LogP contribution in [0.3, 0.4) is 0 Å². The molecule has 158 valence electrons. The third kappa shape index (κ3) is 5.38. The zero-order chi connectivity index (χ0) is 21.7. The van der Waals surface area contributed by atoms with E-state index in [1.807, 2.05) is 12.1 Å². The zero-order valence-electron chi connectivity index (χ0n) is 16.4. The molecule has 0 spiro atoms. The summed E-state index contributed by atoms with van der Waals surface area (Å²) in [5.41, 5.74) is 2.05. The molecule has 0 aliphatic carbocycles. The van der Waals surface area contributed by atoms with E-state index in [-0.39, 0.29) is 16.7 Å². The standard InChI is InChI=1S/C24H21F5O/c1-2-3-4-5-16-6-8-17(9-7-16)20-14-15-21(23(26)22(20)25)18-10-12-19(13-11-18)30-24(27,28)29/h6-15H,2-5H2,1H3. The number of aryl methyl sites for hydroxylation is 1. The van der Waals surface area contributed by atoms with E-state index in [0.29, 0.717) is 5.56 Å². The molecule has 6 heteroatoms. The zero-order valence-corrected chi connectivity index (χ0v) is 16.4. The van der Waals surface area contributed by atoms with Gasteiger partial charge in [0.05, 0.1) is 0 Å². The van der Waals surface area contributed by atoms with Gasteiger partial charge in [-0.1, -0.05) is 68.3 Å². The van der Waals surface area contributed by atoms with Gasteiger partial charge in [0.15, 0.2) is 11.6 Å². The molecule has 30 heavy (non-hydrogen) atoms. The highest BCUT2D eigenvalue weighted by molar-refractivity contribution is 5.72. The Morgan fingerprint density at radius 3 is 1.67 bits per heavy atom. The average Bonchev–Trinajstić information content (AvgIpc) is 2.71. The van der Waals surface area contributed by atoms with Crippen molar-refractivity contribution in [3.05, 3.63) is 77.9 Å². The highest BCUT2D eigenvalue weighted by atomic mass is 19.4. The lowest BCUT2D eigenvalue weighted by atomic mass is 9.97. The van der Waals surface area contributed by atoms with Gasteiger partial charge >= 0.3 is 6.36 Å². The summed E-state index contributed by atoms with van der Waals surface area (Å²) in [4.78, 5) is 0. The Bertz CT molecular complexity index is 976. The van der Waals surface area contributed by atoms with Gasteiger partial charge in [-0.05, 0) is 41.7 Å². The molecule has 0 aliphatic heterocycles.